The van der Waals surface area contributed by atoms with Gasteiger partial charge < -0.3 is 15.7 Å². The van der Waals surface area contributed by atoms with Crippen LogP contribution < -0.4 is 5.73 Å². The van der Waals surface area contributed by atoms with Crippen molar-refractivity contribution >= 4 is 11.9 Å². The second-order valence-electron chi connectivity index (χ2n) is 4.21. The lowest BCUT2D eigenvalue weighted by Crippen LogP contribution is -2.44. The standard InChI is InChI=1S/C13H15N3O3/c1-16(8-12(17)18)13(19)11(15)6-9-2-4-10(7-14)5-3-9/h2-5,11H,6,8,15H2,1H3,(H,17,18)/t11-/m0/s1. The fourth-order valence-corrected chi connectivity index (χ4v) is 1.62. The zero-order valence-electron chi connectivity index (χ0n) is 10.5. The Kier molecular flexibility index (Phi) is 5.03. The van der Waals surface area contributed by atoms with E-state index >= 15 is 0 Å². The highest BCUT2D eigenvalue weighted by atomic mass is 16.4. The first kappa shape index (κ1) is 14.7. The van der Waals surface area contributed by atoms with E-state index in [4.69, 9.17) is 16.1 Å². The Morgan fingerprint density at radius 2 is 2.00 bits per heavy atom. The van der Waals surface area contributed by atoms with Crippen LogP contribution in [0.2, 0.25) is 0 Å². The van der Waals surface area contributed by atoms with E-state index < -0.39 is 17.9 Å². The van der Waals surface area contributed by atoms with Crippen LogP contribution in [0.3, 0.4) is 0 Å². The van der Waals surface area contributed by atoms with Crippen LogP contribution in [0.5, 0.6) is 0 Å². The number of amides is 1. The molecule has 0 aliphatic rings. The normalized spacial score (nSPS) is 11.4. The number of carboxylic acids is 1. The first-order valence-corrected chi connectivity index (χ1v) is 5.65. The molecule has 1 atom stereocenters. The molecule has 3 N–H and O–H groups in total. The monoisotopic (exact) mass is 261 g/mol. The second-order valence-corrected chi connectivity index (χ2v) is 4.21. The third kappa shape index (κ3) is 4.41. The highest BCUT2D eigenvalue weighted by molar-refractivity contribution is 5.85. The summed E-state index contributed by atoms with van der Waals surface area (Å²) in [5, 5.41) is 17.3. The van der Waals surface area contributed by atoms with Gasteiger partial charge in [0.25, 0.3) is 0 Å². The Labute approximate surface area is 111 Å². The van der Waals surface area contributed by atoms with Crippen molar-refractivity contribution in [2.24, 2.45) is 5.73 Å². The summed E-state index contributed by atoms with van der Waals surface area (Å²) in [5.41, 5.74) is 7.10. The van der Waals surface area contributed by atoms with Crippen LogP contribution in [0, 0.1) is 11.3 Å². The van der Waals surface area contributed by atoms with E-state index in [-0.39, 0.29) is 6.54 Å². The van der Waals surface area contributed by atoms with E-state index in [2.05, 4.69) is 0 Å². The van der Waals surface area contributed by atoms with Gasteiger partial charge in [0.05, 0.1) is 17.7 Å². The molecule has 100 valence electrons. The third-order valence-electron chi connectivity index (χ3n) is 2.60. The van der Waals surface area contributed by atoms with Crippen LogP contribution in [-0.4, -0.2) is 41.5 Å². The third-order valence-corrected chi connectivity index (χ3v) is 2.60. The molecule has 0 heterocycles. The van der Waals surface area contributed by atoms with Crippen molar-refractivity contribution in [1.82, 2.24) is 4.90 Å². The number of aliphatic carboxylic acids is 1. The summed E-state index contributed by atoms with van der Waals surface area (Å²) in [5.74, 6) is -1.51. The minimum absolute atomic E-state index is 0.300. The molecule has 0 bridgehead atoms. The SMILES string of the molecule is CN(CC(=O)O)C(=O)[C@@H](N)Cc1ccc(C#N)cc1. The van der Waals surface area contributed by atoms with Gasteiger partial charge in [-0.2, -0.15) is 5.26 Å². The summed E-state index contributed by atoms with van der Waals surface area (Å²) >= 11 is 0. The van der Waals surface area contributed by atoms with Gasteiger partial charge in [-0.25, -0.2) is 0 Å². The van der Waals surface area contributed by atoms with Gasteiger partial charge >= 0.3 is 5.97 Å². The largest absolute Gasteiger partial charge is 0.480 e. The molecule has 0 aromatic heterocycles. The number of benzene rings is 1. The molecule has 1 aromatic rings. The van der Waals surface area contributed by atoms with Gasteiger partial charge in [0.1, 0.15) is 6.54 Å². The number of nitriles is 1. The number of carbonyl (C=O) groups is 2. The lowest BCUT2D eigenvalue weighted by atomic mass is 10.0. The zero-order chi connectivity index (χ0) is 14.4. The Bertz CT molecular complexity index is 505. The van der Waals surface area contributed by atoms with Gasteiger partial charge in [-0.05, 0) is 24.1 Å². The molecule has 19 heavy (non-hydrogen) atoms. The van der Waals surface area contributed by atoms with E-state index in [1.165, 1.54) is 7.05 Å². The summed E-state index contributed by atoms with van der Waals surface area (Å²) in [7, 11) is 1.40. The molecule has 0 saturated carbocycles. The lowest BCUT2D eigenvalue weighted by Gasteiger charge is -2.19. The van der Waals surface area contributed by atoms with E-state index in [9.17, 15) is 9.59 Å². The highest BCUT2D eigenvalue weighted by Gasteiger charge is 2.19. The van der Waals surface area contributed by atoms with E-state index in [0.717, 1.165) is 10.5 Å². The van der Waals surface area contributed by atoms with Crippen molar-refractivity contribution in [1.29, 1.82) is 5.26 Å². The van der Waals surface area contributed by atoms with Crippen molar-refractivity contribution < 1.29 is 14.7 Å². The quantitative estimate of drug-likeness (QED) is 0.774. The molecule has 0 fully saturated rings. The molecule has 6 nitrogen and oxygen atoms in total. The first-order chi connectivity index (χ1) is 8.93. The van der Waals surface area contributed by atoms with Gasteiger partial charge in [-0.1, -0.05) is 12.1 Å². The highest BCUT2D eigenvalue weighted by Crippen LogP contribution is 2.06. The molecular formula is C13H15N3O3. The summed E-state index contributed by atoms with van der Waals surface area (Å²) in [6, 6.07) is 7.95. The molecule has 0 unspecified atom stereocenters. The topological polar surface area (TPSA) is 107 Å². The number of carbonyl (C=O) groups excluding carboxylic acids is 1. The number of rotatable bonds is 5. The van der Waals surface area contributed by atoms with Crippen LogP contribution in [0.25, 0.3) is 0 Å². The molecule has 1 aromatic carbocycles. The van der Waals surface area contributed by atoms with Crippen molar-refractivity contribution in [3.63, 3.8) is 0 Å². The summed E-state index contributed by atoms with van der Waals surface area (Å²) in [6.45, 7) is -0.375. The number of likely N-dealkylation sites (N-methyl/N-ethyl adjacent to an activating group) is 1. The van der Waals surface area contributed by atoms with E-state index in [0.29, 0.717) is 12.0 Å². The van der Waals surface area contributed by atoms with Crippen LogP contribution in [0.15, 0.2) is 24.3 Å². The van der Waals surface area contributed by atoms with Crippen molar-refractivity contribution in [2.45, 2.75) is 12.5 Å². The minimum Gasteiger partial charge on any atom is -0.480 e. The average Bonchev–Trinajstić information content (AvgIpc) is 2.37. The number of carboxylic acid groups (broad SMARTS) is 1. The van der Waals surface area contributed by atoms with Crippen LogP contribution in [-0.2, 0) is 16.0 Å². The molecule has 0 aliphatic heterocycles. The fraction of sp³-hybridized carbons (Fsp3) is 0.308. The molecule has 0 saturated heterocycles. The molecule has 1 rings (SSSR count). The molecule has 0 spiro atoms. The van der Waals surface area contributed by atoms with Crippen molar-refractivity contribution in [3.05, 3.63) is 35.4 Å². The maximum absolute atomic E-state index is 11.8. The Hall–Kier alpha value is -2.39. The predicted octanol–water partition coefficient (Wildman–Crippen LogP) is -0.0289. The predicted molar refractivity (Wildman–Crippen MR) is 68.1 cm³/mol. The summed E-state index contributed by atoms with van der Waals surface area (Å²) in [4.78, 5) is 23.4. The van der Waals surface area contributed by atoms with Crippen molar-refractivity contribution in [3.8, 4) is 6.07 Å². The van der Waals surface area contributed by atoms with Crippen LogP contribution >= 0.6 is 0 Å². The van der Waals surface area contributed by atoms with Crippen LogP contribution in [0.1, 0.15) is 11.1 Å². The molecule has 0 radical (unpaired) electrons. The Balaban J connectivity index is 2.63. The first-order valence-electron chi connectivity index (χ1n) is 5.65. The zero-order valence-corrected chi connectivity index (χ0v) is 10.5. The van der Waals surface area contributed by atoms with E-state index in [1.54, 1.807) is 24.3 Å². The Morgan fingerprint density at radius 1 is 1.42 bits per heavy atom. The molecule has 0 aliphatic carbocycles. The van der Waals surface area contributed by atoms with Gasteiger partial charge in [-0.15, -0.1) is 0 Å². The lowest BCUT2D eigenvalue weighted by molar-refractivity contribution is -0.143. The minimum atomic E-state index is -1.08. The maximum Gasteiger partial charge on any atom is 0.323 e. The van der Waals surface area contributed by atoms with Gasteiger partial charge in [-0.3, -0.25) is 9.59 Å². The van der Waals surface area contributed by atoms with Crippen LogP contribution in [0.4, 0.5) is 0 Å². The fourth-order valence-electron chi connectivity index (χ4n) is 1.62. The van der Waals surface area contributed by atoms with Gasteiger partial charge in [0.15, 0.2) is 0 Å². The number of hydrogen-bond donors (Lipinski definition) is 2. The maximum atomic E-state index is 11.8. The number of nitrogens with two attached hydrogens (primary N) is 1. The number of hydrogen-bond acceptors (Lipinski definition) is 4. The van der Waals surface area contributed by atoms with Crippen molar-refractivity contribution in [2.75, 3.05) is 13.6 Å². The average molecular weight is 261 g/mol. The smallest absolute Gasteiger partial charge is 0.323 e. The molecule has 6 heteroatoms. The van der Waals surface area contributed by atoms with Gasteiger partial charge in [0.2, 0.25) is 5.91 Å². The molecular weight excluding hydrogens is 246 g/mol. The summed E-state index contributed by atoms with van der Waals surface area (Å²) < 4.78 is 0. The van der Waals surface area contributed by atoms with Gasteiger partial charge in [0, 0.05) is 7.05 Å². The summed E-state index contributed by atoms with van der Waals surface area (Å²) in [6.07, 6.45) is 0.300. The Morgan fingerprint density at radius 3 is 2.47 bits per heavy atom. The second kappa shape index (κ2) is 6.52. The molecule has 1 amide bonds. The van der Waals surface area contributed by atoms with E-state index in [1.807, 2.05) is 6.07 Å². The number of nitrogens with zero attached hydrogens (tertiary/aromatic N) is 2.